The Balaban J connectivity index is 2.45. The van der Waals surface area contributed by atoms with Crippen LogP contribution in [0.15, 0.2) is 12.3 Å². The van der Waals surface area contributed by atoms with Crippen molar-refractivity contribution in [1.29, 1.82) is 0 Å². The Morgan fingerprint density at radius 3 is 2.59 bits per heavy atom. The number of pyridine rings is 1. The van der Waals surface area contributed by atoms with Gasteiger partial charge < -0.3 is 0 Å². The van der Waals surface area contributed by atoms with Crippen LogP contribution in [0.2, 0.25) is 0 Å². The van der Waals surface area contributed by atoms with Crippen molar-refractivity contribution in [1.82, 2.24) is 10.4 Å². The van der Waals surface area contributed by atoms with Crippen molar-refractivity contribution in [3.05, 3.63) is 29.1 Å². The number of alkyl halides is 3. The minimum atomic E-state index is -4.45. The fraction of sp³-hybridized carbons (Fsp3) is 0.400. The first kappa shape index (κ1) is 11.8. The highest BCUT2D eigenvalue weighted by molar-refractivity contribution is 5.93. The Morgan fingerprint density at radius 1 is 1.47 bits per heavy atom. The van der Waals surface area contributed by atoms with Crippen LogP contribution in [-0.2, 0) is 6.18 Å². The molecule has 4 nitrogen and oxygen atoms in total. The molecule has 1 fully saturated rings. The van der Waals surface area contributed by atoms with Crippen LogP contribution in [0, 0.1) is 0 Å². The average molecular weight is 245 g/mol. The van der Waals surface area contributed by atoms with Crippen molar-refractivity contribution < 1.29 is 18.0 Å². The number of hydrogen-bond acceptors (Lipinski definition) is 3. The fourth-order valence-corrected chi connectivity index (χ4v) is 1.60. The number of nitrogen functional groups attached to an aromatic ring is 1. The molecule has 3 N–H and O–H groups in total. The van der Waals surface area contributed by atoms with Crippen LogP contribution in [0.25, 0.3) is 0 Å². The maximum absolute atomic E-state index is 12.5. The Labute approximate surface area is 95.0 Å². The summed E-state index contributed by atoms with van der Waals surface area (Å²) in [7, 11) is 0. The minimum Gasteiger partial charge on any atom is -0.289 e. The molecule has 1 amide bonds. The molecule has 7 heteroatoms. The highest BCUT2D eigenvalue weighted by Gasteiger charge is 2.35. The molecule has 1 saturated carbocycles. The second-order valence-corrected chi connectivity index (χ2v) is 3.91. The molecule has 0 saturated heterocycles. The third-order valence-corrected chi connectivity index (χ3v) is 2.61. The molecule has 92 valence electrons. The average Bonchev–Trinajstić information content (AvgIpc) is 3.10. The van der Waals surface area contributed by atoms with Gasteiger partial charge in [0.2, 0.25) is 0 Å². The van der Waals surface area contributed by atoms with Crippen LogP contribution in [-0.4, -0.2) is 10.9 Å². The summed E-state index contributed by atoms with van der Waals surface area (Å²) >= 11 is 0. The Morgan fingerprint density at radius 2 is 2.12 bits per heavy atom. The van der Waals surface area contributed by atoms with Gasteiger partial charge in [-0.25, -0.2) is 5.84 Å². The van der Waals surface area contributed by atoms with Crippen LogP contribution in [0.3, 0.4) is 0 Å². The van der Waals surface area contributed by atoms with Gasteiger partial charge in [-0.3, -0.25) is 15.2 Å². The van der Waals surface area contributed by atoms with E-state index in [1.165, 1.54) is 0 Å². The molecule has 1 aromatic rings. The summed E-state index contributed by atoms with van der Waals surface area (Å²) in [5.74, 6) is 4.27. The summed E-state index contributed by atoms with van der Waals surface area (Å²) in [6.45, 7) is 0. The van der Waals surface area contributed by atoms with E-state index in [9.17, 15) is 18.0 Å². The van der Waals surface area contributed by atoms with Crippen LogP contribution in [0.5, 0.6) is 0 Å². The van der Waals surface area contributed by atoms with Crippen molar-refractivity contribution in [3.63, 3.8) is 0 Å². The summed E-state index contributed by atoms with van der Waals surface area (Å²) in [6.07, 6.45) is -2.26. The maximum atomic E-state index is 12.5. The first-order chi connectivity index (χ1) is 7.93. The number of hydrogen-bond donors (Lipinski definition) is 2. The third kappa shape index (κ3) is 2.38. The monoisotopic (exact) mass is 245 g/mol. The van der Waals surface area contributed by atoms with Crippen molar-refractivity contribution in [2.24, 2.45) is 5.84 Å². The van der Waals surface area contributed by atoms with Gasteiger partial charge in [0.1, 0.15) is 5.69 Å². The molecule has 1 aromatic heterocycles. The lowest BCUT2D eigenvalue weighted by atomic mass is 10.1. The maximum Gasteiger partial charge on any atom is 0.417 e. The highest BCUT2D eigenvalue weighted by Crippen LogP contribution is 2.43. The molecule has 2 rings (SSSR count). The fourth-order valence-electron chi connectivity index (χ4n) is 1.60. The molecule has 0 atom stereocenters. The quantitative estimate of drug-likeness (QED) is 0.472. The van der Waals surface area contributed by atoms with Crippen LogP contribution in [0.1, 0.15) is 40.4 Å². The van der Waals surface area contributed by atoms with Gasteiger partial charge >= 0.3 is 6.18 Å². The highest BCUT2D eigenvalue weighted by atomic mass is 19.4. The second-order valence-electron chi connectivity index (χ2n) is 3.91. The molecule has 0 radical (unpaired) electrons. The smallest absolute Gasteiger partial charge is 0.289 e. The van der Waals surface area contributed by atoms with Gasteiger partial charge in [0.25, 0.3) is 5.91 Å². The zero-order chi connectivity index (χ0) is 12.6. The molecule has 0 spiro atoms. The lowest BCUT2D eigenvalue weighted by Gasteiger charge is -2.11. The Hall–Kier alpha value is -1.63. The molecule has 0 unspecified atom stereocenters. The van der Waals surface area contributed by atoms with Crippen LogP contribution >= 0.6 is 0 Å². The Kier molecular flexibility index (Phi) is 2.78. The summed E-state index contributed by atoms with van der Waals surface area (Å²) in [5, 5.41) is 0. The number of aromatic nitrogens is 1. The van der Waals surface area contributed by atoms with Gasteiger partial charge in [-0.15, -0.1) is 0 Å². The largest absolute Gasteiger partial charge is 0.417 e. The SMILES string of the molecule is NNC(=O)c1ncc(C(F)(F)F)cc1C1CC1. The van der Waals surface area contributed by atoms with Gasteiger partial charge in [-0.05, 0) is 30.4 Å². The van der Waals surface area contributed by atoms with E-state index in [1.807, 2.05) is 5.43 Å². The number of carbonyl (C=O) groups excluding carboxylic acids is 1. The van der Waals surface area contributed by atoms with Gasteiger partial charge in [0.15, 0.2) is 0 Å². The van der Waals surface area contributed by atoms with Crippen LogP contribution < -0.4 is 11.3 Å². The molecular formula is C10H10F3N3O. The predicted molar refractivity (Wildman–Crippen MR) is 52.9 cm³/mol. The summed E-state index contributed by atoms with van der Waals surface area (Å²) < 4.78 is 37.5. The van der Waals surface area contributed by atoms with Gasteiger partial charge in [-0.2, -0.15) is 13.2 Å². The van der Waals surface area contributed by atoms with E-state index in [2.05, 4.69) is 4.98 Å². The molecule has 0 bridgehead atoms. The van der Waals surface area contributed by atoms with E-state index in [4.69, 9.17) is 5.84 Å². The van der Waals surface area contributed by atoms with Gasteiger partial charge in [0.05, 0.1) is 5.56 Å². The minimum absolute atomic E-state index is 0.0166. The molecule has 1 heterocycles. The molecule has 17 heavy (non-hydrogen) atoms. The molecule has 0 aliphatic heterocycles. The number of nitrogens with one attached hydrogen (secondary N) is 1. The van der Waals surface area contributed by atoms with Gasteiger partial charge in [-0.1, -0.05) is 0 Å². The topological polar surface area (TPSA) is 68.0 Å². The van der Waals surface area contributed by atoms with E-state index in [0.29, 0.717) is 11.8 Å². The van der Waals surface area contributed by atoms with E-state index in [0.717, 1.165) is 18.9 Å². The third-order valence-electron chi connectivity index (χ3n) is 2.61. The normalized spacial score (nSPS) is 15.8. The number of hydrazine groups is 1. The summed E-state index contributed by atoms with van der Waals surface area (Å²) in [4.78, 5) is 14.9. The van der Waals surface area contributed by atoms with E-state index >= 15 is 0 Å². The second kappa shape index (κ2) is 3.99. The lowest BCUT2D eigenvalue weighted by Crippen LogP contribution is -2.31. The number of amides is 1. The van der Waals surface area contributed by atoms with E-state index < -0.39 is 17.6 Å². The van der Waals surface area contributed by atoms with Crippen molar-refractivity contribution in [2.45, 2.75) is 24.9 Å². The standard InChI is InChI=1S/C10H10F3N3O/c11-10(12,13)6-3-7(5-1-2-5)8(15-4-6)9(17)16-14/h3-5H,1-2,14H2,(H,16,17). The molecule has 1 aliphatic carbocycles. The first-order valence-electron chi connectivity index (χ1n) is 5.01. The number of halogens is 3. The first-order valence-corrected chi connectivity index (χ1v) is 5.01. The van der Waals surface area contributed by atoms with E-state index in [1.54, 1.807) is 0 Å². The predicted octanol–water partition coefficient (Wildman–Crippen LogP) is 1.58. The zero-order valence-corrected chi connectivity index (χ0v) is 8.71. The van der Waals surface area contributed by atoms with Gasteiger partial charge in [0, 0.05) is 6.20 Å². The van der Waals surface area contributed by atoms with Crippen molar-refractivity contribution in [3.8, 4) is 0 Å². The van der Waals surface area contributed by atoms with Crippen molar-refractivity contribution in [2.75, 3.05) is 0 Å². The zero-order valence-electron chi connectivity index (χ0n) is 8.71. The lowest BCUT2D eigenvalue weighted by molar-refractivity contribution is -0.137. The summed E-state index contributed by atoms with van der Waals surface area (Å²) in [6, 6.07) is 0.981. The summed E-state index contributed by atoms with van der Waals surface area (Å²) in [5.41, 5.74) is 1.34. The Bertz CT molecular complexity index is 455. The molecule has 0 aromatic carbocycles. The van der Waals surface area contributed by atoms with Crippen molar-refractivity contribution >= 4 is 5.91 Å². The van der Waals surface area contributed by atoms with Crippen LogP contribution in [0.4, 0.5) is 13.2 Å². The van der Waals surface area contributed by atoms with E-state index in [-0.39, 0.29) is 11.6 Å². The molecule has 1 aliphatic rings. The number of carbonyl (C=O) groups is 1. The molecular weight excluding hydrogens is 235 g/mol. The number of nitrogens with two attached hydrogens (primary N) is 1. The number of nitrogens with zero attached hydrogens (tertiary/aromatic N) is 1. The number of rotatable bonds is 2.